The average Bonchev–Trinajstić information content (AvgIpc) is 0.811. The molecule has 0 spiro atoms. The molecule has 0 aliphatic heterocycles. The number of phenols is 1. The molecule has 0 aliphatic carbocycles. The predicted molar refractivity (Wildman–Crippen MR) is 543 cm³/mol. The third-order valence-electron chi connectivity index (χ3n) is 18.3. The zero-order valence-corrected chi connectivity index (χ0v) is 96.7. The molecule has 26 heteroatoms. The van der Waals surface area contributed by atoms with Crippen molar-refractivity contribution in [3.05, 3.63) is 495 Å². The van der Waals surface area contributed by atoms with E-state index in [0.717, 1.165) is 113 Å². The second-order valence-electron chi connectivity index (χ2n) is 30.1. The number of rotatable bonds is 13. The molecule has 754 valence electrons. The summed E-state index contributed by atoms with van der Waals surface area (Å²) >= 11 is 0. The minimum absolute atomic E-state index is 0. The van der Waals surface area contributed by atoms with Gasteiger partial charge in [0.05, 0.1) is 17.3 Å². The number of fused-ring (bicyclic) bond motifs is 1. The van der Waals surface area contributed by atoms with Gasteiger partial charge in [0.2, 0.25) is 0 Å². The number of aromatic nitrogens is 8. The SMILES string of the molecule is CC(=O)C=C(C)O.CC(=O)C=C(C)O.CC(=O)C=C(C)O.CN(C)c1ccnc(-c2[c-]cc(F)cc2)c1.Cc1c[c-]c(-c2ccccn2)cc1.Cc1cc[c-]c(-c2ccccn2)c1.Cc1ccnc(-c2[c-]cc(F)cc2F)c1.Oc1ccccc1-c1ccccc1.[Ir].[Ir].[Ir].[Ir].[Ir].[Ir].[Pt].[c-]1c(-c2ccccn2)cccc1-c1ccccn1.[c-]1ccccc1-c1ccccn1.[c-]1ccccc1-c1nccc2ccccc12. The Kier molecular flexibility index (Phi) is 65.1. The molecule has 16 nitrogen and oxygen atoms in total. The molecule has 8 aromatic heterocycles. The summed E-state index contributed by atoms with van der Waals surface area (Å²) in [5, 5.41) is 37.0. The first kappa shape index (κ1) is 129. The van der Waals surface area contributed by atoms with E-state index in [0.29, 0.717) is 11.4 Å². The fraction of sp³-hybridized carbons (Fsp3) is 0.0932. The molecule has 4 N–H and O–H groups in total. The Balaban J connectivity index is 0.000000797. The maximum atomic E-state index is 13.4. The van der Waals surface area contributed by atoms with E-state index < -0.39 is 11.6 Å². The topological polar surface area (TPSA) is 238 Å². The molecule has 0 bridgehead atoms. The van der Waals surface area contributed by atoms with Gasteiger partial charge >= 0.3 is 0 Å². The van der Waals surface area contributed by atoms with Gasteiger partial charge in [0.1, 0.15) is 5.75 Å². The predicted octanol–water partition coefficient (Wildman–Crippen LogP) is 27.6. The van der Waals surface area contributed by atoms with E-state index in [1.807, 2.05) is 299 Å². The summed E-state index contributed by atoms with van der Waals surface area (Å²) in [5.74, 6) is -1.43. The Hall–Kier alpha value is -12.7. The minimum atomic E-state index is -0.645. The van der Waals surface area contributed by atoms with Crippen LogP contribution in [0.5, 0.6) is 5.75 Å². The third kappa shape index (κ3) is 49.0. The van der Waals surface area contributed by atoms with Crippen LogP contribution < -0.4 is 4.90 Å². The Labute approximate surface area is 937 Å². The number of aliphatic hydroxyl groups is 3. The Morgan fingerprint density at radius 1 is 0.319 bits per heavy atom. The van der Waals surface area contributed by atoms with Crippen molar-refractivity contribution >= 4 is 33.8 Å². The number of allylic oxidation sites excluding steroid dienone is 6. The Bertz CT molecular complexity index is 6650. The normalized spacial score (nSPS) is 9.81. The van der Waals surface area contributed by atoms with Gasteiger partial charge in [-0.3, -0.25) is 37.5 Å². The maximum Gasteiger partial charge on any atom is 0.155 e. The number of carbonyl (C=O) groups is 3. The molecule has 0 saturated heterocycles. The first-order chi connectivity index (χ1) is 66.2. The summed E-state index contributed by atoms with van der Waals surface area (Å²) in [6.45, 7) is 14.6. The summed E-state index contributed by atoms with van der Waals surface area (Å²) in [7, 11) is 3.93. The van der Waals surface area contributed by atoms with Crippen molar-refractivity contribution in [2.45, 2.75) is 62.3 Å². The zero-order valence-electron chi connectivity index (χ0n) is 80.1. The molecule has 0 saturated carbocycles. The Morgan fingerprint density at radius 3 is 1.17 bits per heavy atom. The molecule has 0 amide bonds. The first-order valence-corrected chi connectivity index (χ1v) is 43.1. The van der Waals surface area contributed by atoms with E-state index in [4.69, 9.17) is 15.3 Å². The fourth-order valence-electron chi connectivity index (χ4n) is 12.1. The second-order valence-corrected chi connectivity index (χ2v) is 30.1. The van der Waals surface area contributed by atoms with E-state index in [1.54, 1.807) is 61.6 Å². The van der Waals surface area contributed by atoms with Crippen molar-refractivity contribution in [1.82, 2.24) is 39.9 Å². The molecule has 0 aliphatic rings. The van der Waals surface area contributed by atoms with Crippen molar-refractivity contribution in [3.63, 3.8) is 0 Å². The number of halogens is 3. The molecule has 0 atom stereocenters. The van der Waals surface area contributed by atoms with Crippen LogP contribution in [-0.2, 0) is 156 Å². The van der Waals surface area contributed by atoms with Crippen LogP contribution in [0.15, 0.2) is 419 Å². The summed E-state index contributed by atoms with van der Waals surface area (Å²) < 4.78 is 38.8. The maximum absolute atomic E-state index is 13.4. The molecule has 6 radical (unpaired) electrons. The van der Waals surface area contributed by atoms with Crippen molar-refractivity contribution in [2.75, 3.05) is 19.0 Å². The number of carbonyl (C=O) groups excluding carboxylic acids is 3. The van der Waals surface area contributed by atoms with E-state index in [-0.39, 0.29) is 188 Å². The van der Waals surface area contributed by atoms with Crippen LogP contribution in [0, 0.1) is 80.7 Å². The van der Waals surface area contributed by atoms with Gasteiger partial charge in [0, 0.05) is 264 Å². The van der Waals surface area contributed by atoms with Gasteiger partial charge in [-0.15, -0.1) is 209 Å². The number of aryl methyl sites for hydroxylation is 3. The smallest absolute Gasteiger partial charge is 0.155 e. The second kappa shape index (κ2) is 72.5. The summed E-state index contributed by atoms with van der Waals surface area (Å²) in [6, 6.07) is 126. The number of nitrogens with zero attached hydrogens (tertiary/aromatic N) is 9. The van der Waals surface area contributed by atoms with Crippen molar-refractivity contribution < 1.29 is 190 Å². The van der Waals surface area contributed by atoms with Crippen LogP contribution >= 0.6 is 0 Å². The van der Waals surface area contributed by atoms with Crippen molar-refractivity contribution in [1.29, 1.82) is 0 Å². The minimum Gasteiger partial charge on any atom is -0.512 e. The molecule has 10 aromatic carbocycles. The third-order valence-corrected chi connectivity index (χ3v) is 18.3. The number of anilines is 1. The first-order valence-electron chi connectivity index (χ1n) is 43.1. The molecule has 8 heterocycles. The van der Waals surface area contributed by atoms with Gasteiger partial charge in [-0.25, -0.2) is 0 Å². The Morgan fingerprint density at radius 2 is 0.729 bits per heavy atom. The summed E-state index contributed by atoms with van der Waals surface area (Å²) in [4.78, 5) is 66.1. The monoisotopic (exact) mass is 3170 g/mol. The molecular weight excluding hydrogens is 3060 g/mol. The number of para-hydroxylation sites is 1. The van der Waals surface area contributed by atoms with E-state index >= 15 is 0 Å². The summed E-state index contributed by atoms with van der Waals surface area (Å²) in [5.41, 5.74) is 20.6. The van der Waals surface area contributed by atoms with Crippen LogP contribution in [0.1, 0.15) is 58.2 Å². The number of hydrogen-bond donors (Lipinski definition) is 4. The number of pyridine rings is 8. The van der Waals surface area contributed by atoms with Gasteiger partial charge in [0.15, 0.2) is 17.3 Å². The van der Waals surface area contributed by atoms with Crippen LogP contribution in [0.3, 0.4) is 0 Å². The van der Waals surface area contributed by atoms with Gasteiger partial charge in [-0.05, 0) is 154 Å². The van der Waals surface area contributed by atoms with Crippen LogP contribution in [0.4, 0.5) is 18.9 Å². The van der Waals surface area contributed by atoms with Gasteiger partial charge in [-0.1, -0.05) is 188 Å². The fourth-order valence-corrected chi connectivity index (χ4v) is 12.1. The molecule has 18 aromatic rings. The molecule has 18 rings (SSSR count). The molecule has 0 unspecified atom stereocenters. The quantitative estimate of drug-likeness (QED) is 0.0477. The van der Waals surface area contributed by atoms with Gasteiger partial charge < -0.3 is 55.2 Å². The molecule has 0 fully saturated rings. The van der Waals surface area contributed by atoms with Crippen LogP contribution in [0.2, 0.25) is 0 Å². The van der Waals surface area contributed by atoms with Crippen molar-refractivity contribution in [3.8, 4) is 107 Å². The molecule has 144 heavy (non-hydrogen) atoms. The number of benzene rings is 10. The van der Waals surface area contributed by atoms with E-state index in [1.165, 1.54) is 93.8 Å². The number of hydrogen-bond acceptors (Lipinski definition) is 16. The number of aromatic hydroxyl groups is 1. The van der Waals surface area contributed by atoms with E-state index in [2.05, 4.69) is 120 Å². The number of phenolic OH excluding ortho intramolecular Hbond substituents is 1. The summed E-state index contributed by atoms with van der Waals surface area (Å²) in [6.07, 6.45) is 17.6. The van der Waals surface area contributed by atoms with E-state index in [9.17, 15) is 32.7 Å². The van der Waals surface area contributed by atoms with Gasteiger partial charge in [-0.2, -0.15) is 0 Å². The van der Waals surface area contributed by atoms with Gasteiger partial charge in [0.25, 0.3) is 0 Å². The van der Waals surface area contributed by atoms with Crippen LogP contribution in [0.25, 0.3) is 112 Å². The number of aliphatic hydroxyl groups excluding tert-OH is 3. The van der Waals surface area contributed by atoms with Crippen molar-refractivity contribution in [2.24, 2.45) is 0 Å². The largest absolute Gasteiger partial charge is 0.512 e. The van der Waals surface area contributed by atoms with Crippen LogP contribution in [-0.4, -0.2) is 91.7 Å². The average molecular weight is 3160 g/mol. The number of ketones is 3. The molecular formula is C118H103F3Ir6N9O7Pt-7. The standard InChI is InChI=1S/C16H11N2.C15H10N.C13H12FN2.C12H8F2N.2C12H10N.C12H10O.C11H8N.3C5H8O2.6Ir.Pt/c1-3-10-17-15(8-1)13-6-5-7-14(12-13)16-9-2-4-11-18-16;1-2-7-13(8-3-1)15-14-9-5-4-6-12(14)10-11-16-15;1-16(2)12-7-8-15-13(9-12)10-3-5-11(14)6-4-10;1-8-4-5-15-12(6-8)10-3-2-9(13)7-11(10)14;1-10-5-4-6-11(9-10)12-7-2-3-8-13-12;1-10-5-7-11(8-6-10)12-4-2-3-9-13-12;13-12-9-5-4-8-11(12)10-6-2-1-3-7-10;1-2-6-10(7-3-1)11-8-4-5-9-12-11;3*1-4(6)3-5(2)7;;;;;;;/h1-11H;1-7,9-11H;3,5-9H,1-2H3;2,4-7H,1H3;2-5,7-9H,1H3;2-7,9H,1H3;1-9,13H;1-6,8-9H;3*3,6H,1-2H3;;;;;;;/q6*-1;;-1;;;;;;;;;;. The zero-order chi connectivity index (χ0) is 98.5.